The largest absolute Gasteiger partial charge is 0.480 e. The molecule has 8 heteroatoms. The van der Waals surface area contributed by atoms with Gasteiger partial charge in [-0.05, 0) is 35.1 Å². The van der Waals surface area contributed by atoms with E-state index < -0.39 is 18.1 Å². The highest BCUT2D eigenvalue weighted by atomic mass is 16.5. The molecule has 2 N–H and O–H groups in total. The van der Waals surface area contributed by atoms with Crippen LogP contribution in [0, 0.1) is 5.92 Å². The molecule has 172 valence electrons. The average Bonchev–Trinajstić information content (AvgIpc) is 3.13. The van der Waals surface area contributed by atoms with Crippen molar-refractivity contribution in [2.45, 2.75) is 30.8 Å². The molecule has 0 radical (unpaired) electrons. The monoisotopic (exact) mass is 450 g/mol. The van der Waals surface area contributed by atoms with E-state index in [-0.39, 0.29) is 43.5 Å². The van der Waals surface area contributed by atoms with E-state index in [1.165, 1.54) is 16.0 Å². The molecular weight excluding hydrogens is 424 g/mol. The zero-order chi connectivity index (χ0) is 22.9. The van der Waals surface area contributed by atoms with Crippen molar-refractivity contribution in [3.05, 3.63) is 59.7 Å². The van der Waals surface area contributed by atoms with E-state index >= 15 is 0 Å². The first kappa shape index (κ1) is 21.5. The van der Waals surface area contributed by atoms with Crippen molar-refractivity contribution in [2.75, 3.05) is 26.4 Å². The van der Waals surface area contributed by atoms with Crippen LogP contribution in [-0.4, -0.2) is 66.4 Å². The highest BCUT2D eigenvalue weighted by molar-refractivity contribution is 5.86. The summed E-state index contributed by atoms with van der Waals surface area (Å²) in [5, 5.41) is 12.2. The number of fused-ring (bicyclic) bond motifs is 3. The maximum atomic E-state index is 12.7. The lowest BCUT2D eigenvalue weighted by Crippen LogP contribution is -2.57. The molecule has 2 aromatic carbocycles. The van der Waals surface area contributed by atoms with Crippen molar-refractivity contribution in [1.29, 1.82) is 0 Å². The Balaban J connectivity index is 1.13. The van der Waals surface area contributed by atoms with Crippen molar-refractivity contribution in [2.24, 2.45) is 5.92 Å². The van der Waals surface area contributed by atoms with Gasteiger partial charge in [-0.1, -0.05) is 48.5 Å². The van der Waals surface area contributed by atoms with Crippen LogP contribution in [0.1, 0.15) is 29.9 Å². The molecule has 2 aliphatic carbocycles. The highest BCUT2D eigenvalue weighted by Gasteiger charge is 2.42. The molecule has 2 aromatic rings. The molecule has 33 heavy (non-hydrogen) atoms. The fourth-order valence-electron chi connectivity index (χ4n) is 5.05. The van der Waals surface area contributed by atoms with Crippen molar-refractivity contribution in [3.63, 3.8) is 0 Å². The smallest absolute Gasteiger partial charge is 0.407 e. The topological polar surface area (TPSA) is 105 Å². The predicted octanol–water partition coefficient (Wildman–Crippen LogP) is 2.62. The summed E-state index contributed by atoms with van der Waals surface area (Å²) in [6, 6.07) is 15.2. The number of benzene rings is 2. The quantitative estimate of drug-likeness (QED) is 0.726. The van der Waals surface area contributed by atoms with Gasteiger partial charge in [-0.25, -0.2) is 9.59 Å². The van der Waals surface area contributed by atoms with Gasteiger partial charge in [0.15, 0.2) is 6.04 Å². The Labute approximate surface area is 191 Å². The van der Waals surface area contributed by atoms with Gasteiger partial charge in [0, 0.05) is 24.4 Å². The van der Waals surface area contributed by atoms with E-state index in [2.05, 4.69) is 29.6 Å². The van der Waals surface area contributed by atoms with Crippen molar-refractivity contribution >= 4 is 18.0 Å². The fourth-order valence-corrected chi connectivity index (χ4v) is 5.05. The molecule has 2 amide bonds. The molecular formula is C25H26N2O6. The molecule has 1 atom stereocenters. The Morgan fingerprint density at radius 3 is 2.30 bits per heavy atom. The molecule has 1 unspecified atom stereocenters. The first-order valence-electron chi connectivity index (χ1n) is 11.3. The average molecular weight is 450 g/mol. The third kappa shape index (κ3) is 4.06. The summed E-state index contributed by atoms with van der Waals surface area (Å²) >= 11 is 0. The number of hydrogen-bond donors (Lipinski definition) is 2. The van der Waals surface area contributed by atoms with Gasteiger partial charge in [0.05, 0.1) is 13.2 Å². The molecule has 0 bridgehead atoms. The molecule has 0 spiro atoms. The lowest BCUT2D eigenvalue weighted by atomic mass is 9.79. The first-order valence-corrected chi connectivity index (χ1v) is 11.3. The highest BCUT2D eigenvalue weighted by Crippen LogP contribution is 2.44. The van der Waals surface area contributed by atoms with Crippen LogP contribution in [0.3, 0.4) is 0 Å². The Morgan fingerprint density at radius 2 is 1.67 bits per heavy atom. The number of ether oxygens (including phenoxy) is 2. The van der Waals surface area contributed by atoms with E-state index in [0.717, 1.165) is 11.1 Å². The van der Waals surface area contributed by atoms with Crippen LogP contribution >= 0.6 is 0 Å². The Kier molecular flexibility index (Phi) is 5.76. The molecule has 8 nitrogen and oxygen atoms in total. The van der Waals surface area contributed by atoms with Gasteiger partial charge in [0.25, 0.3) is 0 Å². The van der Waals surface area contributed by atoms with Crippen LogP contribution in [0.5, 0.6) is 0 Å². The zero-order valence-corrected chi connectivity index (χ0v) is 18.1. The van der Waals surface area contributed by atoms with E-state index in [1.54, 1.807) is 0 Å². The number of rotatable bonds is 5. The molecule has 1 saturated heterocycles. The van der Waals surface area contributed by atoms with E-state index in [9.17, 15) is 19.5 Å². The lowest BCUT2D eigenvalue weighted by Gasteiger charge is -2.40. The van der Waals surface area contributed by atoms with Crippen LogP contribution in [0.2, 0.25) is 0 Å². The van der Waals surface area contributed by atoms with Crippen LogP contribution in [0.25, 0.3) is 11.1 Å². The van der Waals surface area contributed by atoms with E-state index in [0.29, 0.717) is 19.4 Å². The molecule has 0 aromatic heterocycles. The number of carbonyl (C=O) groups is 3. The number of nitrogens with zero attached hydrogens (tertiary/aromatic N) is 1. The van der Waals surface area contributed by atoms with Crippen LogP contribution in [-0.2, 0) is 19.1 Å². The number of nitrogens with one attached hydrogen (secondary N) is 1. The summed E-state index contributed by atoms with van der Waals surface area (Å²) in [5.41, 5.74) is 4.65. The van der Waals surface area contributed by atoms with Gasteiger partial charge in [-0.3, -0.25) is 4.79 Å². The summed E-state index contributed by atoms with van der Waals surface area (Å²) in [6.45, 7) is 0.860. The summed E-state index contributed by atoms with van der Waals surface area (Å²) in [7, 11) is 0. The van der Waals surface area contributed by atoms with Gasteiger partial charge in [0.1, 0.15) is 6.61 Å². The van der Waals surface area contributed by atoms with Crippen LogP contribution < -0.4 is 5.32 Å². The number of amides is 2. The van der Waals surface area contributed by atoms with Crippen LogP contribution in [0.15, 0.2) is 48.5 Å². The number of morpholine rings is 1. The zero-order valence-electron chi connectivity index (χ0n) is 18.1. The summed E-state index contributed by atoms with van der Waals surface area (Å²) in [4.78, 5) is 37.9. The second-order valence-corrected chi connectivity index (χ2v) is 8.80. The number of aliphatic carboxylic acids is 1. The lowest BCUT2D eigenvalue weighted by molar-refractivity contribution is -0.162. The van der Waals surface area contributed by atoms with E-state index in [1.807, 2.05) is 24.3 Å². The fraction of sp³-hybridized carbons (Fsp3) is 0.400. The summed E-state index contributed by atoms with van der Waals surface area (Å²) in [5.74, 6) is -1.54. The van der Waals surface area contributed by atoms with E-state index in [4.69, 9.17) is 9.47 Å². The maximum absolute atomic E-state index is 12.7. The molecule has 5 rings (SSSR count). The molecule has 2 fully saturated rings. The summed E-state index contributed by atoms with van der Waals surface area (Å²) in [6.07, 6.45) is 0.460. The Bertz CT molecular complexity index is 1030. The number of carboxylic acids is 1. The van der Waals surface area contributed by atoms with Gasteiger partial charge in [0.2, 0.25) is 5.91 Å². The van der Waals surface area contributed by atoms with Gasteiger partial charge >= 0.3 is 12.1 Å². The van der Waals surface area contributed by atoms with Gasteiger partial charge in [-0.15, -0.1) is 0 Å². The second kappa shape index (κ2) is 8.86. The third-order valence-electron chi connectivity index (χ3n) is 6.85. The first-order chi connectivity index (χ1) is 16.0. The number of carboxylic acid groups (broad SMARTS) is 1. The van der Waals surface area contributed by atoms with Crippen molar-refractivity contribution in [1.82, 2.24) is 10.2 Å². The number of carbonyl (C=O) groups excluding carboxylic acids is 2. The SMILES string of the molecule is O=C(NC1CC(C(=O)N2CCOCC2C(=O)O)C1)OCC1c2ccccc2-c2ccccc21. The predicted molar refractivity (Wildman–Crippen MR) is 119 cm³/mol. The number of hydrogen-bond acceptors (Lipinski definition) is 5. The van der Waals surface area contributed by atoms with Crippen molar-refractivity contribution < 1.29 is 29.0 Å². The minimum Gasteiger partial charge on any atom is -0.480 e. The molecule has 1 saturated carbocycles. The minimum atomic E-state index is -1.06. The molecule has 3 aliphatic rings. The standard InChI is InChI=1S/C25H26N2O6/c28-23(27-9-10-32-14-22(27)24(29)30)15-11-16(12-15)26-25(31)33-13-21-19-7-3-1-5-17(19)18-6-2-4-8-20(18)21/h1-8,15-16,21-22H,9-14H2,(H,26,31)(H,29,30). The van der Waals surface area contributed by atoms with Gasteiger partial charge < -0.3 is 24.8 Å². The second-order valence-electron chi connectivity index (χ2n) is 8.80. The number of alkyl carbamates (subject to hydrolysis) is 1. The summed E-state index contributed by atoms with van der Waals surface area (Å²) < 4.78 is 10.8. The molecule has 1 heterocycles. The Hall–Kier alpha value is -3.39. The third-order valence-corrected chi connectivity index (χ3v) is 6.85. The van der Waals surface area contributed by atoms with Crippen LogP contribution in [0.4, 0.5) is 4.79 Å². The Morgan fingerprint density at radius 1 is 1.03 bits per heavy atom. The maximum Gasteiger partial charge on any atom is 0.407 e. The molecule has 1 aliphatic heterocycles. The normalized spacial score (nSPS) is 23.8. The van der Waals surface area contributed by atoms with Crippen molar-refractivity contribution in [3.8, 4) is 11.1 Å². The van der Waals surface area contributed by atoms with Gasteiger partial charge in [-0.2, -0.15) is 0 Å². The minimum absolute atomic E-state index is 0.00635.